The molecule has 0 spiro atoms. The number of nitrogens with zero attached hydrogens (tertiary/aromatic N) is 5. The van der Waals surface area contributed by atoms with Gasteiger partial charge in [-0.3, -0.25) is 19.2 Å². The first kappa shape index (κ1) is 20.0. The van der Waals surface area contributed by atoms with Gasteiger partial charge in [0.1, 0.15) is 29.8 Å². The van der Waals surface area contributed by atoms with Crippen LogP contribution in [0.25, 0.3) is 16.6 Å². The number of benzene rings is 1. The minimum absolute atomic E-state index is 0. The van der Waals surface area contributed by atoms with E-state index in [0.29, 0.717) is 30.1 Å². The van der Waals surface area contributed by atoms with Crippen LogP contribution in [0.1, 0.15) is 43.3 Å². The molecule has 0 bridgehead atoms. The fourth-order valence-electron chi connectivity index (χ4n) is 4.44. The van der Waals surface area contributed by atoms with Crippen molar-refractivity contribution in [1.82, 2.24) is 24.4 Å². The van der Waals surface area contributed by atoms with Gasteiger partial charge in [0.2, 0.25) is 5.88 Å². The van der Waals surface area contributed by atoms with Gasteiger partial charge in [0.15, 0.2) is 5.84 Å². The van der Waals surface area contributed by atoms with Crippen molar-refractivity contribution in [3.63, 3.8) is 0 Å². The summed E-state index contributed by atoms with van der Waals surface area (Å²) in [6.45, 7) is 2.42. The molecule has 172 valence electrons. The molecule has 1 aliphatic carbocycles. The Kier molecular flexibility index (Phi) is 4.55. The van der Waals surface area contributed by atoms with Gasteiger partial charge in [0.25, 0.3) is 0 Å². The maximum absolute atomic E-state index is 14.0. The molecule has 6 rings (SSSR count). The van der Waals surface area contributed by atoms with Gasteiger partial charge in [0.05, 0.1) is 18.3 Å². The second-order valence-corrected chi connectivity index (χ2v) is 8.65. The monoisotopic (exact) mass is 450 g/mol. The van der Waals surface area contributed by atoms with Crippen molar-refractivity contribution in [3.8, 4) is 11.6 Å². The van der Waals surface area contributed by atoms with Crippen LogP contribution in [0.2, 0.25) is 0 Å². The summed E-state index contributed by atoms with van der Waals surface area (Å²) in [5, 5.41) is 1.01. The van der Waals surface area contributed by atoms with Crippen LogP contribution in [-0.2, 0) is 11.9 Å². The van der Waals surface area contributed by atoms with Crippen molar-refractivity contribution < 1.29 is 15.4 Å². The Bertz CT molecular complexity index is 1400. The van der Waals surface area contributed by atoms with E-state index < -0.39 is 0 Å². The predicted octanol–water partition coefficient (Wildman–Crippen LogP) is 4.23. The van der Waals surface area contributed by atoms with Crippen LogP contribution in [0.5, 0.6) is 5.88 Å². The van der Waals surface area contributed by atoms with E-state index in [0.717, 1.165) is 40.7 Å². The lowest BCUT2D eigenvalue weighted by Gasteiger charge is -2.24. The van der Waals surface area contributed by atoms with Gasteiger partial charge in [-0.25, -0.2) is 14.9 Å². The van der Waals surface area contributed by atoms with Gasteiger partial charge in [-0.15, -0.1) is 0 Å². The maximum atomic E-state index is 14.0. The van der Waals surface area contributed by atoms with E-state index in [2.05, 4.69) is 21.2 Å². The van der Waals surface area contributed by atoms with E-state index in [4.69, 9.17) is 14.6 Å². The molecule has 4 heterocycles. The largest absolute Gasteiger partial charge is 0.479 e. The molecule has 1 unspecified atom stereocenters. The van der Waals surface area contributed by atoms with E-state index in [-0.39, 0.29) is 13.3 Å². The Hall–Kier alpha value is -3.59. The molecule has 1 N–H and O–H groups in total. The Morgan fingerprint density at radius 3 is 2.79 bits per heavy atom. The molecule has 1 atom stereocenters. The zero-order valence-corrected chi connectivity index (χ0v) is 18.7. The Morgan fingerprint density at radius 1 is 1.21 bits per heavy atom. The third-order valence-corrected chi connectivity index (χ3v) is 6.49. The highest BCUT2D eigenvalue weighted by molar-refractivity contribution is 5.97. The van der Waals surface area contributed by atoms with E-state index in [1.54, 1.807) is 13.2 Å². The summed E-state index contributed by atoms with van der Waals surface area (Å²) in [5.41, 5.74) is 7.47. The lowest BCUT2D eigenvalue weighted by atomic mass is 10.1. The number of hydroxylamine groups is 1. The summed E-state index contributed by atoms with van der Waals surface area (Å²) in [4.78, 5) is 15.3. The van der Waals surface area contributed by atoms with Gasteiger partial charge >= 0.3 is 0 Å². The number of fused-ring (bicyclic) bond motifs is 1. The molecule has 0 saturated heterocycles. The Morgan fingerprint density at radius 2 is 2.06 bits per heavy atom. The first-order valence-electron chi connectivity index (χ1n) is 11.1. The van der Waals surface area contributed by atoms with Gasteiger partial charge in [-0.1, -0.05) is 0 Å². The first-order valence-corrected chi connectivity index (χ1v) is 11.1. The van der Waals surface area contributed by atoms with Crippen molar-refractivity contribution in [2.45, 2.75) is 31.8 Å². The molecule has 0 radical (unpaired) electrons. The highest BCUT2D eigenvalue weighted by atomic mass is 19.1. The highest BCUT2D eigenvalue weighted by Crippen LogP contribution is 2.41. The van der Waals surface area contributed by atoms with E-state index in [1.807, 2.05) is 47.7 Å². The van der Waals surface area contributed by atoms with Crippen LogP contribution in [-0.4, -0.2) is 38.5 Å². The van der Waals surface area contributed by atoms with E-state index >= 15 is 0 Å². The smallest absolute Gasteiger partial charge is 0.240 e. The third-order valence-electron chi connectivity index (χ3n) is 6.49. The topological polar surface area (TPSA) is 70.5 Å². The molecule has 0 amide bonds. The van der Waals surface area contributed by atoms with Gasteiger partial charge in [0, 0.05) is 37.9 Å². The summed E-state index contributed by atoms with van der Waals surface area (Å²) in [7, 11) is 3.59. The minimum Gasteiger partial charge on any atom is -0.479 e. The highest BCUT2D eigenvalue weighted by Gasteiger charge is 2.29. The quantitative estimate of drug-likeness (QED) is 0.494. The number of amidine groups is 1. The van der Waals surface area contributed by atoms with Crippen LogP contribution in [0.15, 0.2) is 47.7 Å². The number of hydrogen-bond acceptors (Lipinski definition) is 5. The number of aromatic nitrogens is 4. The van der Waals surface area contributed by atoms with Gasteiger partial charge in [-0.05, 0) is 50.1 Å². The van der Waals surface area contributed by atoms with Crippen LogP contribution in [0.4, 0.5) is 4.39 Å². The summed E-state index contributed by atoms with van der Waals surface area (Å²) in [6.07, 6.45) is 6.36. The molecule has 1 aromatic carbocycles. The third kappa shape index (κ3) is 3.31. The zero-order chi connectivity index (χ0) is 22.7. The lowest BCUT2D eigenvalue weighted by molar-refractivity contribution is 0.0623. The fourth-order valence-corrected chi connectivity index (χ4v) is 4.44. The summed E-state index contributed by atoms with van der Waals surface area (Å²) in [5.74, 6) is 0.804. The minimum atomic E-state index is -0.228. The van der Waals surface area contributed by atoms with E-state index in [9.17, 15) is 4.39 Å². The lowest BCUT2D eigenvalue weighted by Crippen LogP contribution is -2.33. The van der Waals surface area contributed by atoms with Gasteiger partial charge in [-0.2, -0.15) is 0 Å². The number of aryl methyl sites for hydroxylation is 1. The Labute approximate surface area is 191 Å². The molecule has 1 saturated carbocycles. The van der Waals surface area contributed by atoms with Crippen molar-refractivity contribution in [2.75, 3.05) is 13.7 Å². The van der Waals surface area contributed by atoms with Crippen molar-refractivity contribution in [3.05, 3.63) is 65.5 Å². The number of aliphatic imine (C=N–C) groups is 1. The number of rotatable bonds is 5. The summed E-state index contributed by atoms with van der Waals surface area (Å²) < 4.78 is 25.7. The molecule has 4 aromatic rings. The number of pyridine rings is 1. The normalized spacial score (nSPS) is 18.4. The average Bonchev–Trinajstić information content (AvgIpc) is 3.62. The molecule has 1 fully saturated rings. The van der Waals surface area contributed by atoms with Crippen LogP contribution < -0.4 is 10.2 Å². The standard InChI is InChI=1S/C24H25FN6O2.H2/c1-14-11-31(29(14)2)21-9-8-19(27-24(21)32-3)23-26-20(13-33-28-23)18-12-30(16-5-6-16)22-10-15(25)4-7-17(18)22;/h4,7-12,16,20H,5-6,13H2,1-3H3,(H,26,28);1H. The van der Waals surface area contributed by atoms with E-state index in [1.165, 1.54) is 6.07 Å². The van der Waals surface area contributed by atoms with Gasteiger partial charge < -0.3 is 9.30 Å². The Balaban J connectivity index is 0.00000241. The zero-order valence-electron chi connectivity index (χ0n) is 18.7. The van der Waals surface area contributed by atoms with Crippen molar-refractivity contribution in [2.24, 2.45) is 12.0 Å². The average molecular weight is 451 g/mol. The molecule has 33 heavy (non-hydrogen) atoms. The molecule has 1 aliphatic heterocycles. The number of methoxy groups -OCH3 is 1. The second-order valence-electron chi connectivity index (χ2n) is 8.65. The maximum Gasteiger partial charge on any atom is 0.240 e. The number of hydrogen-bond donors (Lipinski definition) is 1. The SMILES string of the molecule is COc1nc(C2=NC(c3cn(C4CC4)c4cc(F)ccc34)CON2)ccc1-n1cc(C)n1C.[HH]. The second kappa shape index (κ2) is 7.48. The molecular formula is C24H27FN6O2. The van der Waals surface area contributed by atoms with Crippen LogP contribution >= 0.6 is 0 Å². The van der Waals surface area contributed by atoms with Crippen LogP contribution in [0, 0.1) is 12.7 Å². The molecule has 8 nitrogen and oxygen atoms in total. The van der Waals surface area contributed by atoms with Crippen LogP contribution in [0.3, 0.4) is 0 Å². The molecule has 9 heteroatoms. The summed E-state index contributed by atoms with van der Waals surface area (Å²) in [6, 6.07) is 9.01. The molecule has 3 aromatic heterocycles. The fraction of sp³-hybridized carbons (Fsp3) is 0.333. The summed E-state index contributed by atoms with van der Waals surface area (Å²) >= 11 is 0. The van der Waals surface area contributed by atoms with Crippen molar-refractivity contribution >= 4 is 16.7 Å². The number of ether oxygens (including phenoxy) is 1. The first-order chi connectivity index (χ1) is 16.0. The number of nitrogens with one attached hydrogen (secondary N) is 1. The number of halogens is 1. The molecular weight excluding hydrogens is 423 g/mol. The predicted molar refractivity (Wildman–Crippen MR) is 124 cm³/mol. The molecule has 2 aliphatic rings. The van der Waals surface area contributed by atoms with Crippen molar-refractivity contribution in [1.29, 1.82) is 0 Å².